The quantitative estimate of drug-likeness (QED) is 0.879. The molecule has 5 heteroatoms. The highest BCUT2D eigenvalue weighted by Gasteiger charge is 2.19. The molecule has 0 amide bonds. The lowest BCUT2D eigenvalue weighted by Gasteiger charge is -2.24. The minimum atomic E-state index is 0.302. The van der Waals surface area contributed by atoms with Gasteiger partial charge in [-0.05, 0) is 26.9 Å². The van der Waals surface area contributed by atoms with Crippen LogP contribution in [0.25, 0.3) is 0 Å². The maximum atomic E-state index is 6.04. The fourth-order valence-electron chi connectivity index (χ4n) is 2.36. The number of nitrogens with two attached hydrogens (primary N) is 1. The van der Waals surface area contributed by atoms with E-state index in [1.54, 1.807) is 0 Å². The highest BCUT2D eigenvalue weighted by atomic mass is 15.2. The highest BCUT2D eigenvalue weighted by Crippen LogP contribution is 2.25. The van der Waals surface area contributed by atoms with Crippen molar-refractivity contribution in [2.24, 2.45) is 0 Å². The summed E-state index contributed by atoms with van der Waals surface area (Å²) in [4.78, 5) is 13.8. The number of hydrogen-bond donors (Lipinski definition) is 1. The number of hydrogen-bond acceptors (Lipinski definition) is 5. The van der Waals surface area contributed by atoms with Gasteiger partial charge in [-0.2, -0.15) is 0 Å². The van der Waals surface area contributed by atoms with Crippen molar-refractivity contribution >= 4 is 11.6 Å². The number of rotatable bonds is 2. The van der Waals surface area contributed by atoms with Gasteiger partial charge in [-0.25, -0.2) is 9.97 Å². The van der Waals surface area contributed by atoms with E-state index in [2.05, 4.69) is 35.7 Å². The Labute approximate surface area is 115 Å². The molecule has 0 aromatic carbocycles. The van der Waals surface area contributed by atoms with Gasteiger partial charge in [0.25, 0.3) is 0 Å². The van der Waals surface area contributed by atoms with Crippen molar-refractivity contribution < 1.29 is 0 Å². The maximum absolute atomic E-state index is 6.04. The summed E-state index contributed by atoms with van der Waals surface area (Å²) in [6.07, 6.45) is 1.16. The molecule has 2 rings (SSSR count). The normalized spacial score (nSPS) is 17.8. The summed E-state index contributed by atoms with van der Waals surface area (Å²) in [6, 6.07) is 0. The van der Waals surface area contributed by atoms with E-state index in [0.29, 0.717) is 11.7 Å². The largest absolute Gasteiger partial charge is 0.383 e. The minimum absolute atomic E-state index is 0.302. The predicted octanol–water partition coefficient (Wildman–Crippen LogP) is 1.63. The predicted molar refractivity (Wildman–Crippen MR) is 79.6 cm³/mol. The third kappa shape index (κ3) is 3.15. The summed E-state index contributed by atoms with van der Waals surface area (Å²) >= 11 is 0. The third-order valence-corrected chi connectivity index (χ3v) is 3.71. The van der Waals surface area contributed by atoms with Gasteiger partial charge in [0.2, 0.25) is 0 Å². The van der Waals surface area contributed by atoms with E-state index in [0.717, 1.165) is 49.8 Å². The van der Waals surface area contributed by atoms with Crippen LogP contribution in [0.4, 0.5) is 11.6 Å². The Balaban J connectivity index is 2.32. The second kappa shape index (κ2) is 5.74. The van der Waals surface area contributed by atoms with Crippen LogP contribution in [0.15, 0.2) is 0 Å². The Kier molecular flexibility index (Phi) is 4.24. The van der Waals surface area contributed by atoms with Gasteiger partial charge in [-0.15, -0.1) is 0 Å². The van der Waals surface area contributed by atoms with Crippen molar-refractivity contribution in [1.82, 2.24) is 14.9 Å². The van der Waals surface area contributed by atoms with E-state index in [1.165, 1.54) is 0 Å². The summed E-state index contributed by atoms with van der Waals surface area (Å²) in [5, 5.41) is 0. The molecule has 0 radical (unpaired) electrons. The summed E-state index contributed by atoms with van der Waals surface area (Å²) in [5.74, 6) is 2.78. The van der Waals surface area contributed by atoms with E-state index in [9.17, 15) is 0 Å². The molecule has 19 heavy (non-hydrogen) atoms. The molecular formula is C14H25N5. The van der Waals surface area contributed by atoms with Gasteiger partial charge in [0, 0.05) is 31.1 Å². The van der Waals surface area contributed by atoms with Gasteiger partial charge >= 0.3 is 0 Å². The molecule has 1 aliphatic rings. The monoisotopic (exact) mass is 263 g/mol. The first-order valence-electron chi connectivity index (χ1n) is 7.06. The molecule has 1 saturated heterocycles. The van der Waals surface area contributed by atoms with Crippen molar-refractivity contribution in [1.29, 1.82) is 0 Å². The molecule has 1 aliphatic heterocycles. The zero-order valence-electron chi connectivity index (χ0n) is 12.5. The van der Waals surface area contributed by atoms with Gasteiger partial charge in [0.05, 0.1) is 0 Å². The molecule has 1 aromatic heterocycles. The summed E-state index contributed by atoms with van der Waals surface area (Å²) < 4.78 is 0. The Morgan fingerprint density at radius 2 is 1.84 bits per heavy atom. The topological polar surface area (TPSA) is 58.3 Å². The first-order valence-corrected chi connectivity index (χ1v) is 7.06. The van der Waals surface area contributed by atoms with Gasteiger partial charge < -0.3 is 15.5 Å². The van der Waals surface area contributed by atoms with Crippen LogP contribution in [0.2, 0.25) is 0 Å². The Hall–Kier alpha value is -1.36. The number of nitrogens with zero attached hydrogens (tertiary/aromatic N) is 4. The van der Waals surface area contributed by atoms with Crippen LogP contribution < -0.4 is 10.6 Å². The Bertz CT molecular complexity index is 444. The van der Waals surface area contributed by atoms with Crippen LogP contribution in [0.3, 0.4) is 0 Å². The van der Waals surface area contributed by atoms with Crippen LogP contribution in [0, 0.1) is 6.92 Å². The molecule has 5 nitrogen and oxygen atoms in total. The average molecular weight is 263 g/mol. The molecule has 0 saturated carbocycles. The lowest BCUT2D eigenvalue weighted by Crippen LogP contribution is -2.30. The molecule has 0 bridgehead atoms. The van der Waals surface area contributed by atoms with Gasteiger partial charge in [0.15, 0.2) is 0 Å². The maximum Gasteiger partial charge on any atom is 0.137 e. The van der Waals surface area contributed by atoms with E-state index in [-0.39, 0.29) is 0 Å². The van der Waals surface area contributed by atoms with Gasteiger partial charge in [-0.1, -0.05) is 13.8 Å². The summed E-state index contributed by atoms with van der Waals surface area (Å²) in [7, 11) is 2.17. The van der Waals surface area contributed by atoms with Crippen LogP contribution in [-0.4, -0.2) is 48.1 Å². The van der Waals surface area contributed by atoms with Crippen LogP contribution in [0.5, 0.6) is 0 Å². The van der Waals surface area contributed by atoms with Crippen LogP contribution in [-0.2, 0) is 0 Å². The number of anilines is 2. The number of likely N-dealkylation sites (N-methyl/N-ethyl adjacent to an activating group) is 1. The molecule has 0 atom stereocenters. The smallest absolute Gasteiger partial charge is 0.137 e. The zero-order chi connectivity index (χ0) is 14.0. The highest BCUT2D eigenvalue weighted by molar-refractivity contribution is 5.56. The van der Waals surface area contributed by atoms with Crippen molar-refractivity contribution in [3.05, 3.63) is 11.4 Å². The molecule has 0 spiro atoms. The molecule has 0 aliphatic carbocycles. The second-order valence-corrected chi connectivity index (χ2v) is 5.71. The molecule has 106 valence electrons. The van der Waals surface area contributed by atoms with Crippen LogP contribution in [0.1, 0.15) is 37.6 Å². The zero-order valence-corrected chi connectivity index (χ0v) is 12.5. The first-order chi connectivity index (χ1) is 8.99. The minimum Gasteiger partial charge on any atom is -0.383 e. The van der Waals surface area contributed by atoms with Gasteiger partial charge in [-0.3, -0.25) is 0 Å². The average Bonchev–Trinajstić information content (AvgIpc) is 2.57. The van der Waals surface area contributed by atoms with E-state index >= 15 is 0 Å². The Morgan fingerprint density at radius 1 is 1.11 bits per heavy atom. The second-order valence-electron chi connectivity index (χ2n) is 5.71. The molecule has 2 heterocycles. The molecule has 1 fully saturated rings. The first kappa shape index (κ1) is 14.1. The van der Waals surface area contributed by atoms with Crippen molar-refractivity contribution in [2.45, 2.75) is 33.1 Å². The standard InChI is InChI=1S/C14H25N5/c1-10(2)13-16-12(15)11(3)14(17-13)19-7-5-6-18(4)8-9-19/h10H,5-9H2,1-4H3,(H2,15,16,17). The van der Waals surface area contributed by atoms with Crippen molar-refractivity contribution in [3.63, 3.8) is 0 Å². The molecular weight excluding hydrogens is 238 g/mol. The summed E-state index contributed by atoms with van der Waals surface area (Å²) in [5.41, 5.74) is 7.05. The molecule has 1 aromatic rings. The fraction of sp³-hybridized carbons (Fsp3) is 0.714. The van der Waals surface area contributed by atoms with E-state index < -0.39 is 0 Å². The van der Waals surface area contributed by atoms with Crippen LogP contribution >= 0.6 is 0 Å². The Morgan fingerprint density at radius 3 is 2.53 bits per heavy atom. The number of nitrogen functional groups attached to an aromatic ring is 1. The third-order valence-electron chi connectivity index (χ3n) is 3.71. The van der Waals surface area contributed by atoms with Crippen molar-refractivity contribution in [3.8, 4) is 0 Å². The van der Waals surface area contributed by atoms with E-state index in [4.69, 9.17) is 10.7 Å². The fourth-order valence-corrected chi connectivity index (χ4v) is 2.36. The SMILES string of the molecule is Cc1c(N)nc(C(C)C)nc1N1CCCN(C)CC1. The van der Waals surface area contributed by atoms with E-state index in [1.807, 2.05) is 6.92 Å². The molecule has 2 N–H and O–H groups in total. The lowest BCUT2D eigenvalue weighted by molar-refractivity contribution is 0.360. The summed E-state index contributed by atoms with van der Waals surface area (Å²) in [6.45, 7) is 10.5. The molecule has 0 unspecified atom stereocenters. The van der Waals surface area contributed by atoms with Crippen molar-refractivity contribution in [2.75, 3.05) is 43.9 Å². The number of aromatic nitrogens is 2. The van der Waals surface area contributed by atoms with Gasteiger partial charge in [0.1, 0.15) is 17.5 Å². The lowest BCUT2D eigenvalue weighted by atomic mass is 10.2.